The largest absolute Gasteiger partial charge is 0.481 e. The maximum absolute atomic E-state index is 12.0. The number of carboxylic acid groups (broad SMARTS) is 1. The predicted octanol–water partition coefficient (Wildman–Crippen LogP) is 3.95. The summed E-state index contributed by atoms with van der Waals surface area (Å²) in [6.45, 7) is 0. The summed E-state index contributed by atoms with van der Waals surface area (Å²) in [4.78, 5) is 22.7. The van der Waals surface area contributed by atoms with Crippen LogP contribution in [0.5, 0.6) is 0 Å². The Morgan fingerprint density at radius 1 is 1.00 bits per heavy atom. The average Bonchev–Trinajstić information content (AvgIpc) is 2.32. The highest BCUT2D eigenvalue weighted by Crippen LogP contribution is 2.22. The molecule has 0 aromatic heterocycles. The van der Waals surface area contributed by atoms with Crippen LogP contribution >= 0.6 is 0 Å². The van der Waals surface area contributed by atoms with Crippen molar-refractivity contribution in [1.82, 2.24) is 0 Å². The molecule has 1 fully saturated rings. The van der Waals surface area contributed by atoms with Gasteiger partial charge in [-0.25, -0.2) is 0 Å². The summed E-state index contributed by atoms with van der Waals surface area (Å²) in [6.07, 6.45) is 11.8. The molecule has 0 unspecified atom stereocenters. The lowest BCUT2D eigenvalue weighted by atomic mass is 9.88. The summed E-state index contributed by atoms with van der Waals surface area (Å²) in [6, 6.07) is 0. The molecule has 3 heteroatoms. The van der Waals surface area contributed by atoms with E-state index in [0.29, 0.717) is 18.6 Å². The summed E-state index contributed by atoms with van der Waals surface area (Å²) in [5, 5.41) is 8.73. The molecule has 0 aromatic carbocycles. The number of carboxylic acids is 1. The van der Waals surface area contributed by atoms with E-state index < -0.39 is 5.97 Å². The van der Waals surface area contributed by atoms with Crippen LogP contribution in [0.3, 0.4) is 0 Å². The highest BCUT2D eigenvalue weighted by atomic mass is 16.4. The number of ketones is 1. The zero-order valence-corrected chi connectivity index (χ0v) is 11.3. The number of hydrogen-bond donors (Lipinski definition) is 1. The van der Waals surface area contributed by atoms with Gasteiger partial charge in [0.2, 0.25) is 0 Å². The average molecular weight is 254 g/mol. The lowest BCUT2D eigenvalue weighted by Crippen LogP contribution is -2.16. The molecule has 1 saturated carbocycles. The van der Waals surface area contributed by atoms with E-state index in [9.17, 15) is 9.59 Å². The number of carbonyl (C=O) groups is 2. The molecule has 1 aliphatic rings. The second-order valence-electron chi connectivity index (χ2n) is 5.46. The lowest BCUT2D eigenvalue weighted by molar-refractivity contribution is -0.137. The third-order valence-corrected chi connectivity index (χ3v) is 3.89. The van der Waals surface area contributed by atoms with Crippen LogP contribution < -0.4 is 0 Å². The number of aliphatic carboxylic acids is 1. The van der Waals surface area contributed by atoms with Crippen LogP contribution in [-0.2, 0) is 9.59 Å². The van der Waals surface area contributed by atoms with Gasteiger partial charge >= 0.3 is 5.97 Å². The van der Waals surface area contributed by atoms with Crippen LogP contribution in [0.2, 0.25) is 0 Å². The van der Waals surface area contributed by atoms with E-state index >= 15 is 0 Å². The van der Waals surface area contributed by atoms with Crippen molar-refractivity contribution in [3.05, 3.63) is 0 Å². The van der Waals surface area contributed by atoms with Gasteiger partial charge in [-0.05, 0) is 19.3 Å². The molecule has 0 saturated heterocycles. The third kappa shape index (κ3) is 6.77. The Bertz CT molecular complexity index is 260. The van der Waals surface area contributed by atoms with Crippen LogP contribution in [0.15, 0.2) is 0 Å². The lowest BCUT2D eigenvalue weighted by Gasteiger charge is -2.15. The SMILES string of the molecule is O=C(O)CC[C@@H]1CCCCCCCCCCC1=O. The minimum Gasteiger partial charge on any atom is -0.481 e. The van der Waals surface area contributed by atoms with E-state index in [1.807, 2.05) is 0 Å². The van der Waals surface area contributed by atoms with E-state index in [1.54, 1.807) is 0 Å². The van der Waals surface area contributed by atoms with Crippen molar-refractivity contribution in [1.29, 1.82) is 0 Å². The quantitative estimate of drug-likeness (QED) is 0.829. The normalized spacial score (nSPS) is 24.0. The van der Waals surface area contributed by atoms with Crippen LogP contribution in [0.4, 0.5) is 0 Å². The molecule has 18 heavy (non-hydrogen) atoms. The summed E-state index contributed by atoms with van der Waals surface area (Å²) < 4.78 is 0. The molecule has 0 aliphatic heterocycles. The van der Waals surface area contributed by atoms with E-state index in [4.69, 9.17) is 5.11 Å². The molecule has 1 rings (SSSR count). The van der Waals surface area contributed by atoms with Gasteiger partial charge in [-0.3, -0.25) is 9.59 Å². The van der Waals surface area contributed by atoms with Crippen LogP contribution in [0.25, 0.3) is 0 Å². The Morgan fingerprint density at radius 2 is 1.56 bits per heavy atom. The molecule has 1 atom stereocenters. The van der Waals surface area contributed by atoms with Crippen molar-refractivity contribution in [2.75, 3.05) is 0 Å². The van der Waals surface area contributed by atoms with Gasteiger partial charge in [0.05, 0.1) is 0 Å². The van der Waals surface area contributed by atoms with E-state index in [-0.39, 0.29) is 12.3 Å². The first kappa shape index (κ1) is 15.2. The molecule has 1 N–H and O–H groups in total. The maximum atomic E-state index is 12.0. The fraction of sp³-hybridized carbons (Fsp3) is 0.867. The zero-order valence-electron chi connectivity index (χ0n) is 11.3. The van der Waals surface area contributed by atoms with Crippen molar-refractivity contribution in [2.24, 2.45) is 5.92 Å². The zero-order chi connectivity index (χ0) is 13.2. The summed E-state index contributed by atoms with van der Waals surface area (Å²) in [5.74, 6) is -0.480. The van der Waals surface area contributed by atoms with Gasteiger partial charge in [0.1, 0.15) is 5.78 Å². The summed E-state index contributed by atoms with van der Waals surface area (Å²) in [7, 11) is 0. The first-order valence-electron chi connectivity index (χ1n) is 7.44. The van der Waals surface area contributed by atoms with Crippen LogP contribution in [0.1, 0.15) is 77.0 Å². The number of rotatable bonds is 3. The van der Waals surface area contributed by atoms with Crippen LogP contribution in [0, 0.1) is 5.92 Å². The Labute approximate surface area is 110 Å². The molecule has 1 aliphatic carbocycles. The van der Waals surface area contributed by atoms with Gasteiger partial charge in [0.25, 0.3) is 0 Å². The maximum Gasteiger partial charge on any atom is 0.303 e. The van der Waals surface area contributed by atoms with Gasteiger partial charge < -0.3 is 5.11 Å². The highest BCUT2D eigenvalue weighted by molar-refractivity contribution is 5.81. The molecule has 104 valence electrons. The predicted molar refractivity (Wildman–Crippen MR) is 71.5 cm³/mol. The Morgan fingerprint density at radius 3 is 2.17 bits per heavy atom. The molecule has 0 bridgehead atoms. The van der Waals surface area contributed by atoms with Gasteiger partial charge in [0.15, 0.2) is 0 Å². The number of Topliss-reactive ketones (excluding diaryl/α,β-unsaturated/α-hetero) is 1. The second kappa shape index (κ2) is 9.12. The Balaban J connectivity index is 2.41. The monoisotopic (exact) mass is 254 g/mol. The molecule has 0 heterocycles. The molecule has 0 radical (unpaired) electrons. The summed E-state index contributed by atoms with van der Waals surface area (Å²) in [5.41, 5.74) is 0. The fourth-order valence-corrected chi connectivity index (χ4v) is 2.72. The van der Waals surface area contributed by atoms with Gasteiger partial charge in [-0.1, -0.05) is 44.9 Å². The number of carbonyl (C=O) groups excluding carboxylic acids is 1. The topological polar surface area (TPSA) is 54.4 Å². The first-order valence-corrected chi connectivity index (χ1v) is 7.44. The van der Waals surface area contributed by atoms with Crippen molar-refractivity contribution >= 4 is 11.8 Å². The summed E-state index contributed by atoms with van der Waals surface area (Å²) >= 11 is 0. The molecule has 0 spiro atoms. The van der Waals surface area contributed by atoms with Gasteiger partial charge in [0, 0.05) is 18.8 Å². The van der Waals surface area contributed by atoms with Crippen molar-refractivity contribution in [3.63, 3.8) is 0 Å². The van der Waals surface area contributed by atoms with Crippen molar-refractivity contribution in [3.8, 4) is 0 Å². The molecule has 0 aromatic rings. The Kier molecular flexibility index (Phi) is 7.70. The second-order valence-corrected chi connectivity index (χ2v) is 5.46. The molecular formula is C15H26O3. The van der Waals surface area contributed by atoms with E-state index in [2.05, 4.69) is 0 Å². The molecular weight excluding hydrogens is 228 g/mol. The molecule has 3 nitrogen and oxygen atoms in total. The van der Waals surface area contributed by atoms with Crippen molar-refractivity contribution < 1.29 is 14.7 Å². The van der Waals surface area contributed by atoms with Gasteiger partial charge in [-0.2, -0.15) is 0 Å². The Hall–Kier alpha value is -0.860. The van der Waals surface area contributed by atoms with Crippen LogP contribution in [-0.4, -0.2) is 16.9 Å². The number of hydrogen-bond acceptors (Lipinski definition) is 2. The first-order chi connectivity index (χ1) is 8.70. The van der Waals surface area contributed by atoms with Gasteiger partial charge in [-0.15, -0.1) is 0 Å². The smallest absolute Gasteiger partial charge is 0.303 e. The minimum atomic E-state index is -0.783. The van der Waals surface area contributed by atoms with E-state index in [1.165, 1.54) is 32.1 Å². The standard InChI is InChI=1S/C15H26O3/c16-14-10-8-6-4-2-1-3-5-7-9-13(14)11-12-15(17)18/h13H,1-12H2,(H,17,18)/t13-/m0/s1. The molecule has 0 amide bonds. The minimum absolute atomic E-state index is 0.000488. The van der Waals surface area contributed by atoms with E-state index in [0.717, 1.165) is 25.7 Å². The fourth-order valence-electron chi connectivity index (χ4n) is 2.72. The highest BCUT2D eigenvalue weighted by Gasteiger charge is 2.18. The third-order valence-electron chi connectivity index (χ3n) is 3.89. The van der Waals surface area contributed by atoms with Crippen molar-refractivity contribution in [2.45, 2.75) is 77.0 Å².